The van der Waals surface area contributed by atoms with Crippen molar-refractivity contribution in [3.8, 4) is 0 Å². The molecular weight excluding hydrogens is 784 g/mol. The van der Waals surface area contributed by atoms with Crippen LogP contribution in [-0.4, -0.2) is 77.8 Å². The maximum Gasteiger partial charge on any atom is 0.264 e. The summed E-state index contributed by atoms with van der Waals surface area (Å²) in [6.45, 7) is -0.218. The lowest BCUT2D eigenvalue weighted by molar-refractivity contribution is -0.139. The number of halogens is 1. The van der Waals surface area contributed by atoms with Crippen molar-refractivity contribution in [1.82, 2.24) is 14.6 Å². The van der Waals surface area contributed by atoms with Crippen LogP contribution in [0.2, 0.25) is 5.02 Å². The SMILES string of the molecule is CS(=O)(=O)N[C@H](CCc1ccccc1)C(=O)N1C[C@H](OCc2ccc(Cl)cc2)C[C@H]1C(=O)CC(Cc1ccc(N=C(N)N)c(CO)c1)C(=O)c1nc2ccccc2o1. The summed E-state index contributed by atoms with van der Waals surface area (Å²) in [4.78, 5) is 53.2. The number of aliphatic hydroxyl groups is 1. The molecule has 0 bridgehead atoms. The fourth-order valence-electron chi connectivity index (χ4n) is 7.12. The number of carbonyl (C=O) groups excluding carboxylic acids is 3. The fourth-order valence-corrected chi connectivity index (χ4v) is 7.98. The number of nitrogens with two attached hydrogens (primary N) is 2. The molecule has 58 heavy (non-hydrogen) atoms. The van der Waals surface area contributed by atoms with Crippen LogP contribution in [0.1, 0.15) is 52.2 Å². The van der Waals surface area contributed by atoms with E-state index in [1.165, 1.54) is 4.90 Å². The van der Waals surface area contributed by atoms with Crippen LogP contribution in [-0.2, 0) is 50.4 Å². The van der Waals surface area contributed by atoms with Gasteiger partial charge in [-0.15, -0.1) is 0 Å². The molecule has 1 unspecified atom stereocenters. The third-order valence-electron chi connectivity index (χ3n) is 9.90. The molecule has 14 nitrogen and oxygen atoms in total. The van der Waals surface area contributed by atoms with Crippen LogP contribution in [0.15, 0.2) is 106 Å². The van der Waals surface area contributed by atoms with Crippen molar-refractivity contribution in [2.45, 2.75) is 63.5 Å². The Bertz CT molecular complexity index is 2350. The van der Waals surface area contributed by atoms with E-state index in [0.717, 1.165) is 17.4 Å². The molecule has 16 heteroatoms. The Morgan fingerprint density at radius 2 is 1.71 bits per heavy atom. The number of ether oxygens (including phenoxy) is 1. The molecule has 1 fully saturated rings. The van der Waals surface area contributed by atoms with Gasteiger partial charge in [-0.2, -0.15) is 0 Å². The Morgan fingerprint density at radius 3 is 2.40 bits per heavy atom. The van der Waals surface area contributed by atoms with E-state index in [2.05, 4.69) is 14.7 Å². The number of fused-ring (bicyclic) bond motifs is 1. The molecule has 1 aromatic heterocycles. The Morgan fingerprint density at radius 1 is 1.00 bits per heavy atom. The summed E-state index contributed by atoms with van der Waals surface area (Å²) in [7, 11) is -3.85. The number of aromatic nitrogens is 1. The van der Waals surface area contributed by atoms with Crippen LogP contribution < -0.4 is 16.2 Å². The number of ketones is 2. The molecule has 304 valence electrons. The van der Waals surface area contributed by atoms with E-state index < -0.39 is 58.2 Å². The number of rotatable bonds is 18. The van der Waals surface area contributed by atoms with Crippen molar-refractivity contribution in [3.63, 3.8) is 0 Å². The largest absolute Gasteiger partial charge is 0.434 e. The van der Waals surface area contributed by atoms with Crippen LogP contribution in [0.25, 0.3) is 11.1 Å². The molecule has 1 aliphatic rings. The van der Waals surface area contributed by atoms with Crippen molar-refractivity contribution in [2.24, 2.45) is 22.4 Å². The second-order valence-corrected chi connectivity index (χ2v) is 16.6. The Hall–Kier alpha value is -5.45. The first-order chi connectivity index (χ1) is 27.8. The topological polar surface area (TPSA) is 221 Å². The van der Waals surface area contributed by atoms with Crippen molar-refractivity contribution in [2.75, 3.05) is 12.8 Å². The molecule has 0 saturated carbocycles. The van der Waals surface area contributed by atoms with Gasteiger partial charge in [-0.1, -0.05) is 78.3 Å². The van der Waals surface area contributed by atoms with E-state index in [1.807, 2.05) is 42.5 Å². The van der Waals surface area contributed by atoms with Gasteiger partial charge >= 0.3 is 0 Å². The minimum atomic E-state index is -3.85. The van der Waals surface area contributed by atoms with Crippen LogP contribution >= 0.6 is 11.6 Å². The molecule has 1 aliphatic heterocycles. The summed E-state index contributed by atoms with van der Waals surface area (Å²) in [6, 6.07) is 26.0. The van der Waals surface area contributed by atoms with Crippen LogP contribution in [0.4, 0.5) is 5.69 Å². The number of aryl methyl sites for hydroxylation is 1. The van der Waals surface area contributed by atoms with E-state index in [-0.39, 0.29) is 50.7 Å². The van der Waals surface area contributed by atoms with Gasteiger partial charge in [-0.25, -0.2) is 23.1 Å². The summed E-state index contributed by atoms with van der Waals surface area (Å²) in [5.41, 5.74) is 15.1. The zero-order valence-corrected chi connectivity index (χ0v) is 33.4. The maximum atomic E-state index is 14.6. The van der Waals surface area contributed by atoms with Gasteiger partial charge in [0, 0.05) is 35.9 Å². The summed E-state index contributed by atoms with van der Waals surface area (Å²) < 4.78 is 39.7. The standard InChI is InChI=1S/C42H45ClN6O8S/c1-58(54,55)48-35(18-13-26-7-3-2-4-8-26)41(53)49-23-32(56-25-27-11-15-31(43)16-12-27)22-36(49)37(51)21-29(39(52)40-46-34-9-5-6-10-38(34)57-40)19-28-14-17-33(47-42(44)45)30(20-28)24-50/h2-12,14-17,20,29,32,35-36,48,50H,13,18-19,21-25H2,1H3,(H4,44,45,47)/t29?,32-,35-,36+/m1/s1. The summed E-state index contributed by atoms with van der Waals surface area (Å²) in [6.07, 6.45) is 0.720. The lowest BCUT2D eigenvalue weighted by atomic mass is 9.87. The van der Waals surface area contributed by atoms with Crippen molar-refractivity contribution < 1.29 is 37.1 Å². The predicted molar refractivity (Wildman–Crippen MR) is 220 cm³/mol. The van der Waals surface area contributed by atoms with Crippen LogP contribution in [0.3, 0.4) is 0 Å². The zero-order valence-electron chi connectivity index (χ0n) is 31.8. The quantitative estimate of drug-likeness (QED) is 0.0543. The number of Topliss-reactive ketones (excluding diaryl/α,β-unsaturated/α-hetero) is 2. The molecule has 1 amide bonds. The first-order valence-electron chi connectivity index (χ1n) is 18.7. The highest BCUT2D eigenvalue weighted by Crippen LogP contribution is 2.30. The minimum Gasteiger partial charge on any atom is -0.434 e. The second-order valence-electron chi connectivity index (χ2n) is 14.3. The van der Waals surface area contributed by atoms with Gasteiger partial charge in [0.15, 0.2) is 17.3 Å². The summed E-state index contributed by atoms with van der Waals surface area (Å²) >= 11 is 6.07. The second kappa shape index (κ2) is 18.9. The lowest BCUT2D eigenvalue weighted by Crippen LogP contribution is -2.52. The van der Waals surface area contributed by atoms with Gasteiger partial charge in [0.1, 0.15) is 11.6 Å². The van der Waals surface area contributed by atoms with E-state index in [1.54, 1.807) is 54.6 Å². The third kappa shape index (κ3) is 11.1. The number of hydrogen-bond donors (Lipinski definition) is 4. The third-order valence-corrected chi connectivity index (χ3v) is 10.9. The number of sulfonamides is 1. The molecule has 0 spiro atoms. The number of aliphatic hydroxyl groups excluding tert-OH is 1. The number of para-hydroxylation sites is 2. The number of likely N-dealkylation sites (tertiary alicyclic amines) is 1. The first-order valence-corrected chi connectivity index (χ1v) is 21.0. The van der Waals surface area contributed by atoms with E-state index in [9.17, 15) is 27.9 Å². The number of nitrogens with zero attached hydrogens (tertiary/aromatic N) is 3. The number of benzene rings is 4. The number of oxazole rings is 1. The average molecular weight is 829 g/mol. The average Bonchev–Trinajstić information content (AvgIpc) is 3.84. The van der Waals surface area contributed by atoms with E-state index >= 15 is 0 Å². The number of hydrogen-bond acceptors (Lipinski definition) is 10. The number of aliphatic imine (C=N–C) groups is 1. The van der Waals surface area contributed by atoms with Gasteiger partial charge in [0.05, 0.1) is 37.3 Å². The van der Waals surface area contributed by atoms with Gasteiger partial charge < -0.3 is 30.6 Å². The van der Waals surface area contributed by atoms with Gasteiger partial charge in [0.2, 0.25) is 21.7 Å². The molecule has 4 atom stereocenters. The molecule has 0 aliphatic carbocycles. The molecule has 4 aromatic carbocycles. The monoisotopic (exact) mass is 828 g/mol. The van der Waals surface area contributed by atoms with E-state index in [0.29, 0.717) is 39.4 Å². The molecule has 5 aromatic rings. The summed E-state index contributed by atoms with van der Waals surface area (Å²) in [5.74, 6) is -2.94. The number of nitrogens with one attached hydrogen (secondary N) is 1. The number of amides is 1. The summed E-state index contributed by atoms with van der Waals surface area (Å²) in [5, 5.41) is 10.7. The van der Waals surface area contributed by atoms with Crippen molar-refractivity contribution in [1.29, 1.82) is 0 Å². The highest BCUT2D eigenvalue weighted by molar-refractivity contribution is 7.88. The Kier molecular flexibility index (Phi) is 13.7. The first kappa shape index (κ1) is 42.2. The van der Waals surface area contributed by atoms with Crippen LogP contribution in [0, 0.1) is 5.92 Å². The van der Waals surface area contributed by atoms with Crippen LogP contribution in [0.5, 0.6) is 0 Å². The van der Waals surface area contributed by atoms with Crippen molar-refractivity contribution in [3.05, 3.63) is 130 Å². The minimum absolute atomic E-state index is 0.00592. The maximum absolute atomic E-state index is 14.6. The number of guanidine groups is 1. The predicted octanol–water partition coefficient (Wildman–Crippen LogP) is 4.62. The van der Waals surface area contributed by atoms with Crippen molar-refractivity contribution >= 4 is 61.8 Å². The normalized spacial score (nSPS) is 16.6. The fraction of sp³-hybridized carbons (Fsp3) is 0.310. The highest BCUT2D eigenvalue weighted by atomic mass is 35.5. The van der Waals surface area contributed by atoms with Gasteiger partial charge in [0.25, 0.3) is 5.89 Å². The highest BCUT2D eigenvalue weighted by Gasteiger charge is 2.43. The lowest BCUT2D eigenvalue weighted by Gasteiger charge is -2.29. The molecule has 6 rings (SSSR count). The van der Waals surface area contributed by atoms with Gasteiger partial charge in [-0.05, 0) is 66.3 Å². The smallest absolute Gasteiger partial charge is 0.264 e. The molecular formula is C42H45ClN6O8S. The molecule has 0 radical (unpaired) electrons. The van der Waals surface area contributed by atoms with Gasteiger partial charge in [-0.3, -0.25) is 14.4 Å². The molecule has 1 saturated heterocycles. The number of carbonyl (C=O) groups is 3. The molecule has 6 N–H and O–H groups in total. The Balaban J connectivity index is 1.31. The molecule has 2 heterocycles. The zero-order chi connectivity index (χ0) is 41.4. The Labute approximate surface area is 341 Å². The van der Waals surface area contributed by atoms with E-state index in [4.69, 9.17) is 32.2 Å².